The van der Waals surface area contributed by atoms with Gasteiger partial charge in [-0.05, 0) is 36.5 Å². The van der Waals surface area contributed by atoms with Crippen LogP contribution in [0.25, 0.3) is 6.08 Å². The summed E-state index contributed by atoms with van der Waals surface area (Å²) >= 11 is 6.25. The molecule has 5 nitrogen and oxygen atoms in total. The lowest BCUT2D eigenvalue weighted by Crippen LogP contribution is -2.44. The molecule has 0 radical (unpaired) electrons. The Morgan fingerprint density at radius 3 is 2.68 bits per heavy atom. The topological polar surface area (TPSA) is 62.6 Å². The van der Waals surface area contributed by atoms with Gasteiger partial charge in [0.1, 0.15) is 5.76 Å². The molecule has 1 aromatic heterocycles. The van der Waals surface area contributed by atoms with E-state index in [1.807, 2.05) is 6.07 Å². The zero-order valence-electron chi connectivity index (χ0n) is 11.2. The first-order valence-electron chi connectivity index (χ1n) is 6.32. The second-order valence-electron chi connectivity index (χ2n) is 4.34. The number of benzene rings is 1. The number of nitrogens with zero attached hydrogens (tertiary/aromatic N) is 1. The van der Waals surface area contributed by atoms with Gasteiger partial charge in [-0.3, -0.25) is 15.0 Å². The summed E-state index contributed by atoms with van der Waals surface area (Å²) in [6.07, 6.45) is 3.11. The van der Waals surface area contributed by atoms with Gasteiger partial charge in [-0.2, -0.15) is 5.01 Å². The van der Waals surface area contributed by atoms with Crippen molar-refractivity contribution in [2.75, 3.05) is 0 Å². The Labute approximate surface area is 135 Å². The van der Waals surface area contributed by atoms with Gasteiger partial charge >= 0.3 is 0 Å². The van der Waals surface area contributed by atoms with Crippen molar-refractivity contribution in [3.63, 3.8) is 0 Å². The zero-order chi connectivity index (χ0) is 15.5. The Balaban J connectivity index is 1.76. The minimum absolute atomic E-state index is 0.270. The van der Waals surface area contributed by atoms with Crippen molar-refractivity contribution in [3.05, 3.63) is 65.0 Å². The summed E-state index contributed by atoms with van der Waals surface area (Å²) in [5.74, 6) is -0.221. The third-order valence-electron chi connectivity index (χ3n) is 2.86. The SMILES string of the molecule is O=C(NN1C(=O)/C(=C/c2ccco2)SC1=S)c1ccccc1. The molecule has 7 heteroatoms. The van der Waals surface area contributed by atoms with Gasteiger partial charge in [0.05, 0.1) is 11.2 Å². The van der Waals surface area contributed by atoms with Gasteiger partial charge in [0, 0.05) is 11.6 Å². The second kappa shape index (κ2) is 6.17. The van der Waals surface area contributed by atoms with Crippen LogP contribution in [-0.2, 0) is 4.79 Å². The largest absolute Gasteiger partial charge is 0.465 e. The van der Waals surface area contributed by atoms with Crippen molar-refractivity contribution in [2.45, 2.75) is 0 Å². The van der Waals surface area contributed by atoms with Crippen LogP contribution >= 0.6 is 24.0 Å². The molecule has 2 amide bonds. The maximum atomic E-state index is 12.3. The van der Waals surface area contributed by atoms with Crippen molar-refractivity contribution in [2.24, 2.45) is 0 Å². The Morgan fingerprint density at radius 1 is 1.23 bits per heavy atom. The standard InChI is InChI=1S/C15H10N2O3S2/c18-13(10-5-2-1-3-6-10)16-17-14(19)12(22-15(17)21)9-11-7-4-8-20-11/h1-9H,(H,16,18)/b12-9-. The minimum Gasteiger partial charge on any atom is -0.465 e. The van der Waals surface area contributed by atoms with Gasteiger partial charge < -0.3 is 4.42 Å². The first-order chi connectivity index (χ1) is 10.6. The van der Waals surface area contributed by atoms with Crippen LogP contribution in [0.3, 0.4) is 0 Å². The molecule has 1 aliphatic heterocycles. The smallest absolute Gasteiger partial charge is 0.285 e. The number of hydrogen-bond donors (Lipinski definition) is 1. The highest BCUT2D eigenvalue weighted by Gasteiger charge is 2.33. The first-order valence-corrected chi connectivity index (χ1v) is 7.55. The average molecular weight is 330 g/mol. The van der Waals surface area contributed by atoms with Gasteiger partial charge in [0.2, 0.25) is 0 Å². The van der Waals surface area contributed by atoms with Gasteiger partial charge in [-0.1, -0.05) is 30.0 Å². The number of thiocarbonyl (C=S) groups is 1. The first kappa shape index (κ1) is 14.6. The van der Waals surface area contributed by atoms with Crippen LogP contribution in [0.4, 0.5) is 0 Å². The van der Waals surface area contributed by atoms with Gasteiger partial charge in [0.15, 0.2) is 4.32 Å². The lowest BCUT2D eigenvalue weighted by molar-refractivity contribution is -0.123. The summed E-state index contributed by atoms with van der Waals surface area (Å²) in [5, 5.41) is 1.07. The summed E-state index contributed by atoms with van der Waals surface area (Å²) in [5.41, 5.74) is 2.97. The number of carbonyl (C=O) groups excluding carboxylic acids is 2. The fourth-order valence-electron chi connectivity index (χ4n) is 1.82. The molecule has 0 unspecified atom stereocenters. The van der Waals surface area contributed by atoms with E-state index in [-0.39, 0.29) is 10.2 Å². The van der Waals surface area contributed by atoms with Crippen LogP contribution in [0.2, 0.25) is 0 Å². The van der Waals surface area contributed by atoms with Crippen LogP contribution in [0.5, 0.6) is 0 Å². The van der Waals surface area contributed by atoms with Crippen LogP contribution in [-0.4, -0.2) is 21.1 Å². The molecule has 1 saturated heterocycles. The Hall–Kier alpha value is -2.38. The van der Waals surface area contributed by atoms with E-state index in [1.54, 1.807) is 42.5 Å². The summed E-state index contributed by atoms with van der Waals surface area (Å²) in [7, 11) is 0. The molecule has 1 aliphatic rings. The zero-order valence-corrected chi connectivity index (χ0v) is 12.8. The molecule has 0 spiro atoms. The van der Waals surface area contributed by atoms with Crippen LogP contribution in [0.1, 0.15) is 16.1 Å². The third-order valence-corrected chi connectivity index (χ3v) is 4.16. The lowest BCUT2D eigenvalue weighted by atomic mass is 10.2. The van der Waals surface area contributed by atoms with Gasteiger partial charge in [0.25, 0.3) is 11.8 Å². The van der Waals surface area contributed by atoms with Gasteiger partial charge in [-0.25, -0.2) is 0 Å². The third kappa shape index (κ3) is 2.95. The van der Waals surface area contributed by atoms with Crippen molar-refractivity contribution in [3.8, 4) is 0 Å². The highest BCUT2D eigenvalue weighted by atomic mass is 32.2. The number of nitrogens with one attached hydrogen (secondary N) is 1. The fraction of sp³-hybridized carbons (Fsp3) is 0. The number of hydrazine groups is 1. The molecule has 110 valence electrons. The summed E-state index contributed by atoms with van der Waals surface area (Å²) in [6.45, 7) is 0. The number of furan rings is 1. The molecule has 0 atom stereocenters. The number of amides is 2. The predicted octanol–water partition coefficient (Wildman–Crippen LogP) is 2.83. The lowest BCUT2D eigenvalue weighted by Gasteiger charge is -2.15. The molecule has 3 rings (SSSR count). The van der Waals surface area contributed by atoms with E-state index in [0.717, 1.165) is 16.8 Å². The maximum Gasteiger partial charge on any atom is 0.285 e. The normalized spacial score (nSPS) is 16.4. The van der Waals surface area contributed by atoms with Crippen LogP contribution in [0, 0.1) is 0 Å². The predicted molar refractivity (Wildman–Crippen MR) is 87.6 cm³/mol. The Bertz CT molecular complexity index is 754. The molecule has 1 N–H and O–H groups in total. The monoisotopic (exact) mass is 330 g/mol. The number of thioether (sulfide) groups is 1. The highest BCUT2D eigenvalue weighted by molar-refractivity contribution is 8.26. The Morgan fingerprint density at radius 2 is 2.00 bits per heavy atom. The molecule has 1 aromatic carbocycles. The highest BCUT2D eigenvalue weighted by Crippen LogP contribution is 2.31. The molecule has 0 bridgehead atoms. The van der Waals surface area contributed by atoms with E-state index in [4.69, 9.17) is 16.6 Å². The van der Waals surface area contributed by atoms with E-state index in [1.165, 1.54) is 6.26 Å². The fourth-order valence-corrected chi connectivity index (χ4v) is 2.98. The van der Waals surface area contributed by atoms with Gasteiger partial charge in [-0.15, -0.1) is 0 Å². The number of carbonyl (C=O) groups is 2. The quantitative estimate of drug-likeness (QED) is 0.692. The van der Waals surface area contributed by atoms with Crippen molar-refractivity contribution in [1.29, 1.82) is 0 Å². The molecule has 0 aliphatic carbocycles. The molecule has 2 heterocycles. The minimum atomic E-state index is -0.392. The van der Waals surface area contributed by atoms with Crippen molar-refractivity contribution < 1.29 is 14.0 Å². The van der Waals surface area contributed by atoms with Crippen LogP contribution < -0.4 is 5.43 Å². The average Bonchev–Trinajstić information content (AvgIpc) is 3.12. The summed E-state index contributed by atoms with van der Waals surface area (Å²) in [6, 6.07) is 12.1. The van der Waals surface area contributed by atoms with E-state index >= 15 is 0 Å². The Kier molecular flexibility index (Phi) is 4.08. The molecule has 1 fully saturated rings. The maximum absolute atomic E-state index is 12.3. The molecule has 0 saturated carbocycles. The van der Waals surface area contributed by atoms with E-state index < -0.39 is 5.91 Å². The molecular weight excluding hydrogens is 320 g/mol. The number of rotatable bonds is 3. The van der Waals surface area contributed by atoms with Crippen LogP contribution in [0.15, 0.2) is 58.1 Å². The molecule has 22 heavy (non-hydrogen) atoms. The molecule has 2 aromatic rings. The van der Waals surface area contributed by atoms with Crippen molar-refractivity contribution in [1.82, 2.24) is 10.4 Å². The number of hydrogen-bond acceptors (Lipinski definition) is 5. The second-order valence-corrected chi connectivity index (χ2v) is 6.02. The van der Waals surface area contributed by atoms with E-state index in [9.17, 15) is 9.59 Å². The summed E-state index contributed by atoms with van der Waals surface area (Å²) < 4.78 is 5.44. The van der Waals surface area contributed by atoms with Crippen molar-refractivity contribution >= 4 is 46.2 Å². The van der Waals surface area contributed by atoms with E-state index in [2.05, 4.69) is 5.43 Å². The summed E-state index contributed by atoms with van der Waals surface area (Å²) in [4.78, 5) is 24.8. The van der Waals surface area contributed by atoms with E-state index in [0.29, 0.717) is 16.2 Å². The molecular formula is C15H10N2O3S2.